The van der Waals surface area contributed by atoms with Gasteiger partial charge in [0, 0.05) is 6.42 Å². The van der Waals surface area contributed by atoms with Gasteiger partial charge in [0.05, 0.1) is 18.5 Å². The van der Waals surface area contributed by atoms with Crippen molar-refractivity contribution in [3.05, 3.63) is 11.8 Å². The molecule has 0 aromatic carbocycles. The second-order valence-corrected chi connectivity index (χ2v) is 11.5. The Morgan fingerprint density at radius 3 is 2.55 bits per heavy atom. The van der Waals surface area contributed by atoms with Gasteiger partial charge in [-0.05, 0) is 38.1 Å². The Kier molecular flexibility index (Phi) is 5.44. The van der Waals surface area contributed by atoms with Crippen LogP contribution >= 0.6 is 0 Å². The molecule has 1 rings (SSSR count). The van der Waals surface area contributed by atoms with Crippen LogP contribution in [-0.2, 0) is 18.7 Å². The van der Waals surface area contributed by atoms with E-state index in [0.29, 0.717) is 13.0 Å². The third-order valence-corrected chi connectivity index (χ3v) is 8.31. The molecule has 0 radical (unpaired) electrons. The van der Waals surface area contributed by atoms with Crippen molar-refractivity contribution in [1.29, 1.82) is 0 Å². The summed E-state index contributed by atoms with van der Waals surface area (Å²) in [7, 11) is -1.88. The number of esters is 1. The molecule has 0 aromatic rings. The molecule has 0 bridgehead atoms. The zero-order valence-electron chi connectivity index (χ0n) is 13.8. The van der Waals surface area contributed by atoms with Gasteiger partial charge in [-0.2, -0.15) is 0 Å². The van der Waals surface area contributed by atoms with E-state index in [-0.39, 0.29) is 17.1 Å². The van der Waals surface area contributed by atoms with Gasteiger partial charge in [0.2, 0.25) is 8.32 Å². The van der Waals surface area contributed by atoms with Crippen molar-refractivity contribution in [2.45, 2.75) is 71.4 Å². The van der Waals surface area contributed by atoms with Crippen molar-refractivity contribution in [1.82, 2.24) is 0 Å². The number of carbonyl (C=O) groups is 1. The summed E-state index contributed by atoms with van der Waals surface area (Å²) in [5.74, 6) is 0.567. The zero-order valence-corrected chi connectivity index (χ0v) is 14.8. The number of rotatable bonds is 4. The maximum atomic E-state index is 11.8. The number of hydrogen-bond donors (Lipinski definition) is 0. The summed E-state index contributed by atoms with van der Waals surface area (Å²) in [4.78, 5) is 11.8. The lowest BCUT2D eigenvalue weighted by Gasteiger charge is -2.39. The second kappa shape index (κ2) is 6.31. The van der Waals surface area contributed by atoms with Crippen molar-refractivity contribution in [3.8, 4) is 0 Å². The van der Waals surface area contributed by atoms with E-state index in [4.69, 9.17) is 13.9 Å². The molecule has 0 saturated heterocycles. The van der Waals surface area contributed by atoms with E-state index in [0.717, 1.165) is 5.76 Å². The van der Waals surface area contributed by atoms with Crippen LogP contribution in [0.1, 0.15) is 41.0 Å². The van der Waals surface area contributed by atoms with Gasteiger partial charge in [0.25, 0.3) is 0 Å². The molecule has 0 fully saturated rings. The molecule has 0 spiro atoms. The van der Waals surface area contributed by atoms with Crippen LogP contribution in [0.5, 0.6) is 0 Å². The molecule has 0 aliphatic carbocycles. The fourth-order valence-electron chi connectivity index (χ4n) is 1.79. The van der Waals surface area contributed by atoms with E-state index in [1.165, 1.54) is 0 Å². The normalized spacial score (nSPS) is 24.1. The highest BCUT2D eigenvalue weighted by Crippen LogP contribution is 2.39. The average Bonchev–Trinajstić information content (AvgIpc) is 2.26. The molecule has 0 aromatic heterocycles. The first-order chi connectivity index (χ1) is 9.06. The molecule has 1 aliphatic rings. The van der Waals surface area contributed by atoms with Crippen molar-refractivity contribution < 1.29 is 18.7 Å². The summed E-state index contributed by atoms with van der Waals surface area (Å²) in [5, 5.41) is 0.134. The molecule has 0 saturated carbocycles. The maximum absolute atomic E-state index is 11.8. The van der Waals surface area contributed by atoms with Crippen molar-refractivity contribution >= 4 is 14.3 Å². The molecule has 4 nitrogen and oxygen atoms in total. The van der Waals surface area contributed by atoms with Crippen LogP contribution in [-0.4, -0.2) is 33.1 Å². The van der Waals surface area contributed by atoms with Crippen LogP contribution in [0.15, 0.2) is 11.8 Å². The fraction of sp³-hybridized carbons (Fsp3) is 0.800. The molecule has 2 atom stereocenters. The molecule has 0 N–H and O–H groups in total. The maximum Gasteiger partial charge on any atom is 0.335 e. The van der Waals surface area contributed by atoms with E-state index in [9.17, 15) is 4.79 Å². The average molecular weight is 300 g/mol. The summed E-state index contributed by atoms with van der Waals surface area (Å²) in [6.07, 6.45) is 1.76. The van der Waals surface area contributed by atoms with Crippen LogP contribution in [0.4, 0.5) is 0 Å². The standard InChI is InChI=1S/C15H28O4Si/c1-8-17-14(16)13-10-12(9-11(2)18-13)19-20(6,7)15(3,4)5/h9,11,13H,8,10H2,1-7H3/t11-,13+/m0/s1. The van der Waals surface area contributed by atoms with Crippen LogP contribution in [0.3, 0.4) is 0 Å². The molecule has 1 aliphatic heterocycles. The minimum atomic E-state index is -1.88. The fourth-order valence-corrected chi connectivity index (χ4v) is 2.90. The predicted octanol–water partition coefficient (Wildman–Crippen LogP) is 3.63. The summed E-state index contributed by atoms with van der Waals surface area (Å²) in [6, 6.07) is 0. The lowest BCUT2D eigenvalue weighted by atomic mass is 10.1. The van der Waals surface area contributed by atoms with E-state index >= 15 is 0 Å². The van der Waals surface area contributed by atoms with Gasteiger partial charge in [-0.1, -0.05) is 20.8 Å². The topological polar surface area (TPSA) is 44.8 Å². The Morgan fingerprint density at radius 1 is 1.45 bits per heavy atom. The molecular weight excluding hydrogens is 272 g/mol. The van der Waals surface area contributed by atoms with Crippen molar-refractivity contribution in [3.63, 3.8) is 0 Å². The van der Waals surface area contributed by atoms with E-state index < -0.39 is 14.4 Å². The highest BCUT2D eigenvalue weighted by atomic mass is 28.4. The lowest BCUT2D eigenvalue weighted by Crippen LogP contribution is -2.42. The number of carbonyl (C=O) groups excluding carboxylic acids is 1. The van der Waals surface area contributed by atoms with Crippen molar-refractivity contribution in [2.24, 2.45) is 0 Å². The summed E-state index contributed by atoms with van der Waals surface area (Å²) >= 11 is 0. The Morgan fingerprint density at radius 2 is 2.05 bits per heavy atom. The van der Waals surface area contributed by atoms with Gasteiger partial charge < -0.3 is 13.9 Å². The van der Waals surface area contributed by atoms with Gasteiger partial charge in [-0.15, -0.1) is 0 Å². The molecule has 0 unspecified atom stereocenters. The Labute approximate surface area is 123 Å². The molecular formula is C15H28O4Si. The van der Waals surface area contributed by atoms with Gasteiger partial charge in [0.15, 0.2) is 6.10 Å². The predicted molar refractivity (Wildman–Crippen MR) is 82.0 cm³/mol. The van der Waals surface area contributed by atoms with Gasteiger partial charge >= 0.3 is 5.97 Å². The van der Waals surface area contributed by atoms with Crippen LogP contribution in [0.25, 0.3) is 0 Å². The van der Waals surface area contributed by atoms with Gasteiger partial charge in [-0.25, -0.2) is 4.79 Å². The Bertz CT molecular complexity index is 382. The third-order valence-electron chi connectivity index (χ3n) is 3.93. The number of ether oxygens (including phenoxy) is 2. The van der Waals surface area contributed by atoms with Gasteiger partial charge in [0.1, 0.15) is 0 Å². The highest BCUT2D eigenvalue weighted by Gasteiger charge is 2.40. The summed E-state index contributed by atoms with van der Waals surface area (Å²) < 4.78 is 16.9. The first-order valence-corrected chi connectivity index (χ1v) is 10.2. The van der Waals surface area contributed by atoms with E-state index in [1.54, 1.807) is 6.92 Å². The van der Waals surface area contributed by atoms with Crippen molar-refractivity contribution in [2.75, 3.05) is 6.61 Å². The SMILES string of the molecule is CCOC(=O)[C@H]1CC(O[Si](C)(C)C(C)(C)C)=C[C@H](C)O1. The van der Waals surface area contributed by atoms with Crippen LogP contribution < -0.4 is 0 Å². The third kappa shape index (κ3) is 4.35. The minimum absolute atomic E-state index is 0.127. The first-order valence-electron chi connectivity index (χ1n) is 7.28. The highest BCUT2D eigenvalue weighted by molar-refractivity contribution is 6.74. The lowest BCUT2D eigenvalue weighted by molar-refractivity contribution is -0.160. The zero-order chi connectivity index (χ0) is 15.6. The largest absolute Gasteiger partial charge is 0.547 e. The molecule has 20 heavy (non-hydrogen) atoms. The summed E-state index contributed by atoms with van der Waals surface area (Å²) in [5.41, 5.74) is 0. The van der Waals surface area contributed by atoms with Crippen LogP contribution in [0.2, 0.25) is 18.1 Å². The molecule has 1 heterocycles. The number of hydrogen-bond acceptors (Lipinski definition) is 4. The Hall–Kier alpha value is -0.813. The second-order valence-electron chi connectivity index (χ2n) is 6.78. The molecule has 0 amide bonds. The first kappa shape index (κ1) is 17.2. The van der Waals surface area contributed by atoms with Gasteiger partial charge in [-0.3, -0.25) is 0 Å². The van der Waals surface area contributed by atoms with E-state index in [2.05, 4.69) is 33.9 Å². The van der Waals surface area contributed by atoms with Crippen LogP contribution in [0, 0.1) is 0 Å². The molecule has 116 valence electrons. The quantitative estimate of drug-likeness (QED) is 0.587. The minimum Gasteiger partial charge on any atom is -0.547 e. The smallest absolute Gasteiger partial charge is 0.335 e. The monoisotopic (exact) mass is 300 g/mol. The summed E-state index contributed by atoms with van der Waals surface area (Å²) in [6.45, 7) is 15.1. The molecule has 5 heteroatoms. The Balaban J connectivity index is 2.78. The van der Waals surface area contributed by atoms with E-state index in [1.807, 2.05) is 13.0 Å².